The Morgan fingerprint density at radius 2 is 1.80 bits per heavy atom. The molecule has 7 nitrogen and oxygen atoms in total. The largest absolute Gasteiger partial charge is 0.388 e. The molecule has 0 aromatic rings. The van der Waals surface area contributed by atoms with Crippen LogP contribution in [0.15, 0.2) is 0 Å². The van der Waals surface area contributed by atoms with E-state index in [0.29, 0.717) is 0 Å². The van der Waals surface area contributed by atoms with E-state index in [9.17, 15) is 27.1 Å². The van der Waals surface area contributed by atoms with Gasteiger partial charge in [-0.15, -0.1) is 0 Å². The number of carbonyl (C=O) groups excluding carboxylic acids is 2. The second-order valence-electron chi connectivity index (χ2n) is 3.18. The van der Waals surface area contributed by atoms with Gasteiger partial charge in [0.25, 0.3) is 0 Å². The second kappa shape index (κ2) is 3.83. The number of sulfone groups is 1. The number of aliphatic hydroxyl groups excluding tert-OH is 1. The summed E-state index contributed by atoms with van der Waals surface area (Å²) in [4.78, 5) is 22.0. The van der Waals surface area contributed by atoms with Gasteiger partial charge in [-0.25, -0.2) is 8.42 Å². The third-order valence-electron chi connectivity index (χ3n) is 1.92. The number of hydrogen-bond acceptors (Lipinski definition) is 7. The minimum Gasteiger partial charge on any atom is -0.388 e. The van der Waals surface area contributed by atoms with Crippen molar-refractivity contribution < 1.29 is 32.2 Å². The number of rotatable bonds is 3. The lowest BCUT2D eigenvalue weighted by atomic mass is 10.2. The highest BCUT2D eigenvalue weighted by molar-refractivity contribution is 8.33. The summed E-state index contributed by atoms with van der Waals surface area (Å²) in [5.74, 6) is -3.20. The van der Waals surface area contributed by atoms with Gasteiger partial charge in [0, 0.05) is 0 Å². The van der Waals surface area contributed by atoms with Crippen LogP contribution in [0.4, 0.5) is 0 Å². The van der Waals surface area contributed by atoms with Crippen LogP contribution in [0.1, 0.15) is 0 Å². The molecular formula is C6H10O7S2. The Labute approximate surface area is 87.4 Å². The van der Waals surface area contributed by atoms with Crippen LogP contribution in [-0.2, 0) is 19.4 Å². The summed E-state index contributed by atoms with van der Waals surface area (Å²) in [5.41, 5.74) is 0. The van der Waals surface area contributed by atoms with E-state index in [1.165, 1.54) is 0 Å². The summed E-state index contributed by atoms with van der Waals surface area (Å²) >= 11 is 0. The molecule has 0 spiro atoms. The van der Waals surface area contributed by atoms with Gasteiger partial charge in [-0.05, 0) is 0 Å². The molecular weight excluding hydrogens is 248 g/mol. The zero-order valence-corrected chi connectivity index (χ0v) is 9.12. The number of aliphatic hydroxyl groups is 1. The second-order valence-corrected chi connectivity index (χ2v) is 7.95. The molecule has 1 aliphatic rings. The van der Waals surface area contributed by atoms with Gasteiger partial charge in [0.1, 0.15) is 16.9 Å². The summed E-state index contributed by atoms with van der Waals surface area (Å²) in [5, 5.41) is 5.88. The van der Waals surface area contributed by atoms with E-state index in [-0.39, 0.29) is 0 Å². The van der Waals surface area contributed by atoms with Crippen molar-refractivity contribution >= 4 is 32.0 Å². The summed E-state index contributed by atoms with van der Waals surface area (Å²) in [6.45, 7) is -1.06. The molecule has 1 atom stereocenters. The molecule has 3 N–H and O–H groups in total. The van der Waals surface area contributed by atoms with E-state index in [1.54, 1.807) is 0 Å². The molecule has 0 saturated carbocycles. The third-order valence-corrected chi connectivity index (χ3v) is 7.09. The van der Waals surface area contributed by atoms with Crippen molar-refractivity contribution in [1.29, 1.82) is 0 Å². The Bertz CT molecular complexity index is 396. The van der Waals surface area contributed by atoms with Gasteiger partial charge in [0.05, 0.1) is 5.75 Å². The van der Waals surface area contributed by atoms with Crippen molar-refractivity contribution in [3.05, 3.63) is 0 Å². The molecule has 15 heavy (non-hydrogen) atoms. The Balaban J connectivity index is 2.98. The first-order chi connectivity index (χ1) is 6.69. The number of Topliss-reactive ketones (excluding diaryl/α,β-unsaturated/α-hetero) is 2. The monoisotopic (exact) mass is 258 g/mol. The maximum atomic E-state index is 11.2. The molecule has 1 fully saturated rings. The smallest absolute Gasteiger partial charge is 0.225 e. The van der Waals surface area contributed by atoms with E-state index in [0.717, 1.165) is 0 Å². The average Bonchev–Trinajstić information content (AvgIpc) is 2.31. The number of hydrogen-bond donors (Lipinski definition) is 3. The van der Waals surface area contributed by atoms with Gasteiger partial charge in [-0.2, -0.15) is 10.6 Å². The molecule has 1 heterocycles. The first-order valence-corrected chi connectivity index (χ1v) is 7.43. The topological polar surface area (TPSA) is 129 Å². The van der Waals surface area contributed by atoms with Crippen molar-refractivity contribution in [2.45, 2.75) is 5.25 Å². The maximum absolute atomic E-state index is 11.2. The van der Waals surface area contributed by atoms with E-state index in [2.05, 4.69) is 0 Å². The highest BCUT2D eigenvalue weighted by Crippen LogP contribution is 2.51. The highest BCUT2D eigenvalue weighted by atomic mass is 32.3. The van der Waals surface area contributed by atoms with Crippen molar-refractivity contribution in [1.82, 2.24) is 0 Å². The lowest BCUT2D eigenvalue weighted by Crippen LogP contribution is -2.34. The van der Waals surface area contributed by atoms with Crippen molar-refractivity contribution in [2.75, 3.05) is 17.4 Å². The fraction of sp³-hybridized carbons (Fsp3) is 0.667. The van der Waals surface area contributed by atoms with Crippen LogP contribution in [0.2, 0.25) is 0 Å². The molecule has 0 aliphatic carbocycles. The normalized spacial score (nSPS) is 29.7. The molecule has 0 amide bonds. The van der Waals surface area contributed by atoms with Gasteiger partial charge in [0.2, 0.25) is 11.6 Å². The van der Waals surface area contributed by atoms with Crippen LogP contribution >= 0.6 is 10.6 Å². The van der Waals surface area contributed by atoms with E-state index in [1.807, 2.05) is 0 Å². The maximum Gasteiger partial charge on any atom is 0.225 e. The first kappa shape index (κ1) is 12.6. The van der Waals surface area contributed by atoms with Crippen LogP contribution < -0.4 is 0 Å². The van der Waals surface area contributed by atoms with Gasteiger partial charge < -0.3 is 5.11 Å². The molecule has 0 radical (unpaired) electrons. The van der Waals surface area contributed by atoms with Crippen molar-refractivity contribution in [3.63, 3.8) is 0 Å². The Morgan fingerprint density at radius 1 is 1.27 bits per heavy atom. The van der Waals surface area contributed by atoms with Gasteiger partial charge in [0.15, 0.2) is 9.84 Å². The first-order valence-electron chi connectivity index (χ1n) is 3.83. The van der Waals surface area contributed by atoms with Crippen LogP contribution in [0.5, 0.6) is 0 Å². The standard InChI is InChI=1S/C6H10O7S2/c7-1-4(8)6(9)5-2-14(10,11)3-15(5,12)13/h5,7,12-13H,1-3H2. The summed E-state index contributed by atoms with van der Waals surface area (Å²) in [6.07, 6.45) is 0. The SMILES string of the molecule is O=C(CO)C(=O)C1CS(=O)(=O)CS1(O)O. The Kier molecular flexibility index (Phi) is 3.22. The highest BCUT2D eigenvalue weighted by Gasteiger charge is 2.47. The molecule has 1 saturated heterocycles. The number of ketones is 2. The molecule has 0 aromatic heterocycles. The molecule has 0 bridgehead atoms. The van der Waals surface area contributed by atoms with Crippen LogP contribution in [0.25, 0.3) is 0 Å². The van der Waals surface area contributed by atoms with Gasteiger partial charge in [-0.3, -0.25) is 18.7 Å². The number of carbonyl (C=O) groups is 2. The van der Waals surface area contributed by atoms with E-state index in [4.69, 9.17) is 5.11 Å². The minimum atomic E-state index is -3.71. The fourth-order valence-electron chi connectivity index (χ4n) is 1.24. The van der Waals surface area contributed by atoms with Gasteiger partial charge >= 0.3 is 0 Å². The summed E-state index contributed by atoms with van der Waals surface area (Å²) in [7, 11) is -7.33. The van der Waals surface area contributed by atoms with Crippen LogP contribution in [-0.4, -0.2) is 56.9 Å². The summed E-state index contributed by atoms with van der Waals surface area (Å²) < 4.78 is 40.7. The molecule has 1 aliphatic heterocycles. The third kappa shape index (κ3) is 2.55. The van der Waals surface area contributed by atoms with E-state index >= 15 is 0 Å². The quantitative estimate of drug-likeness (QED) is 0.532. The van der Waals surface area contributed by atoms with Gasteiger partial charge in [-0.1, -0.05) is 0 Å². The predicted octanol–water partition coefficient (Wildman–Crippen LogP) is -1.38. The fourth-order valence-corrected chi connectivity index (χ4v) is 6.98. The lowest BCUT2D eigenvalue weighted by Gasteiger charge is -2.30. The molecule has 1 rings (SSSR count). The van der Waals surface area contributed by atoms with Crippen molar-refractivity contribution in [2.24, 2.45) is 0 Å². The van der Waals surface area contributed by atoms with Crippen LogP contribution in [0.3, 0.4) is 0 Å². The Morgan fingerprint density at radius 3 is 2.13 bits per heavy atom. The predicted molar refractivity (Wildman–Crippen MR) is 52.4 cm³/mol. The Hall–Kier alpha value is -0.480. The van der Waals surface area contributed by atoms with E-state index < -0.39 is 54.7 Å². The molecule has 1 unspecified atom stereocenters. The lowest BCUT2D eigenvalue weighted by molar-refractivity contribution is -0.137. The minimum absolute atomic E-state index is 0.750. The van der Waals surface area contributed by atoms with Crippen molar-refractivity contribution in [3.8, 4) is 0 Å². The molecule has 88 valence electrons. The zero-order valence-electron chi connectivity index (χ0n) is 7.49. The van der Waals surface area contributed by atoms with Crippen LogP contribution in [0, 0.1) is 0 Å². The average molecular weight is 258 g/mol. The molecule has 9 heteroatoms. The summed E-state index contributed by atoms with van der Waals surface area (Å²) in [6, 6.07) is 0. The zero-order chi connectivity index (χ0) is 11.9. The molecule has 0 aromatic carbocycles.